The lowest BCUT2D eigenvalue weighted by molar-refractivity contribution is -0.125. The molecule has 158 valence electrons. The van der Waals surface area contributed by atoms with Crippen molar-refractivity contribution < 1.29 is 19.1 Å². The van der Waals surface area contributed by atoms with Gasteiger partial charge in [0, 0.05) is 31.6 Å². The second kappa shape index (κ2) is 12.1. The minimum atomic E-state index is -0.196. The van der Waals surface area contributed by atoms with Gasteiger partial charge in [0.1, 0.15) is 11.5 Å². The number of methoxy groups -OCH3 is 2. The molecule has 0 spiro atoms. The summed E-state index contributed by atoms with van der Waals surface area (Å²) in [5, 5.41) is 11.7. The van der Waals surface area contributed by atoms with E-state index >= 15 is 0 Å². The molecule has 0 unspecified atom stereocenters. The minimum absolute atomic E-state index is 0.0780. The highest BCUT2D eigenvalue weighted by Crippen LogP contribution is 2.24. The lowest BCUT2D eigenvalue weighted by Crippen LogP contribution is -2.33. The van der Waals surface area contributed by atoms with E-state index in [-0.39, 0.29) is 31.1 Å². The summed E-state index contributed by atoms with van der Waals surface area (Å²) in [7, 11) is 3.19. The molecule has 0 aliphatic rings. The number of hydrogen-bond acceptors (Lipinski definition) is 5. The molecule has 0 aromatic heterocycles. The summed E-state index contributed by atoms with van der Waals surface area (Å²) in [5.41, 5.74) is 1.66. The van der Waals surface area contributed by atoms with Gasteiger partial charge in [-0.3, -0.25) is 9.59 Å². The summed E-state index contributed by atoms with van der Waals surface area (Å²) >= 11 is 0. The number of nitrogens with one attached hydrogen (secondary N) is 1. The van der Waals surface area contributed by atoms with E-state index in [4.69, 9.17) is 14.7 Å². The van der Waals surface area contributed by atoms with Gasteiger partial charge < -0.3 is 19.7 Å². The molecule has 2 aromatic rings. The highest BCUT2D eigenvalue weighted by molar-refractivity contribution is 5.95. The molecule has 0 aliphatic heterocycles. The van der Waals surface area contributed by atoms with Crippen LogP contribution in [0, 0.1) is 11.3 Å². The van der Waals surface area contributed by atoms with Crippen LogP contribution in [0.15, 0.2) is 48.5 Å². The third-order valence-electron chi connectivity index (χ3n) is 4.59. The zero-order valence-corrected chi connectivity index (χ0v) is 17.4. The molecule has 0 aliphatic carbocycles. The maximum atomic E-state index is 12.6. The van der Waals surface area contributed by atoms with Gasteiger partial charge in [0.15, 0.2) is 0 Å². The number of rotatable bonds is 11. The molecule has 30 heavy (non-hydrogen) atoms. The first-order valence-corrected chi connectivity index (χ1v) is 9.79. The summed E-state index contributed by atoms with van der Waals surface area (Å²) in [6, 6.07) is 16.7. The van der Waals surface area contributed by atoms with Crippen LogP contribution in [0.1, 0.15) is 24.8 Å². The van der Waals surface area contributed by atoms with E-state index in [0.29, 0.717) is 19.5 Å². The summed E-state index contributed by atoms with van der Waals surface area (Å²) in [4.78, 5) is 26.4. The number of nitrogens with zero attached hydrogens (tertiary/aromatic N) is 2. The normalized spacial score (nSPS) is 10.0. The monoisotopic (exact) mass is 409 g/mol. The van der Waals surface area contributed by atoms with E-state index in [0.717, 1.165) is 22.7 Å². The Balaban J connectivity index is 1.85. The maximum absolute atomic E-state index is 12.6. The Hall–Kier alpha value is -3.53. The van der Waals surface area contributed by atoms with E-state index in [1.165, 1.54) is 0 Å². The number of benzene rings is 2. The van der Waals surface area contributed by atoms with Crippen molar-refractivity contribution in [2.24, 2.45) is 0 Å². The topological polar surface area (TPSA) is 91.7 Å². The van der Waals surface area contributed by atoms with Crippen LogP contribution in [-0.4, -0.2) is 39.1 Å². The number of carbonyl (C=O) groups is 2. The lowest BCUT2D eigenvalue weighted by atomic mass is 10.1. The van der Waals surface area contributed by atoms with Crippen molar-refractivity contribution in [3.63, 3.8) is 0 Å². The van der Waals surface area contributed by atoms with Gasteiger partial charge in [-0.25, -0.2) is 0 Å². The standard InChI is InChI=1S/C23H27N3O4/c1-29-20-9-10-21(30-2)18(17-20)13-15-25-22(27)11-12-23(28)26(16-6-14-24)19-7-4-3-5-8-19/h3-5,7-10,17H,6,11-13,15-16H2,1-2H3,(H,25,27). The summed E-state index contributed by atoms with van der Waals surface area (Å²) in [6.07, 6.45) is 0.978. The van der Waals surface area contributed by atoms with Crippen LogP contribution in [0.2, 0.25) is 0 Å². The smallest absolute Gasteiger partial charge is 0.227 e. The number of carbonyl (C=O) groups excluding carboxylic acids is 2. The number of amides is 2. The molecule has 0 radical (unpaired) electrons. The van der Waals surface area contributed by atoms with Crippen molar-refractivity contribution >= 4 is 17.5 Å². The lowest BCUT2D eigenvalue weighted by Gasteiger charge is -2.21. The first-order valence-electron chi connectivity index (χ1n) is 9.79. The van der Waals surface area contributed by atoms with Crippen molar-refractivity contribution in [1.82, 2.24) is 5.32 Å². The predicted octanol–water partition coefficient (Wildman–Crippen LogP) is 3.09. The molecule has 7 heteroatoms. The largest absolute Gasteiger partial charge is 0.497 e. The molecule has 7 nitrogen and oxygen atoms in total. The maximum Gasteiger partial charge on any atom is 0.227 e. The fourth-order valence-corrected chi connectivity index (χ4v) is 3.03. The molecule has 0 saturated heterocycles. The minimum Gasteiger partial charge on any atom is -0.497 e. The van der Waals surface area contributed by atoms with Gasteiger partial charge in [-0.15, -0.1) is 0 Å². The Kier molecular flexibility index (Phi) is 9.19. The van der Waals surface area contributed by atoms with E-state index in [1.807, 2.05) is 48.5 Å². The number of para-hydroxylation sites is 1. The van der Waals surface area contributed by atoms with Crippen LogP contribution in [-0.2, 0) is 16.0 Å². The highest BCUT2D eigenvalue weighted by atomic mass is 16.5. The Morgan fingerprint density at radius 1 is 1.07 bits per heavy atom. The van der Waals surface area contributed by atoms with E-state index in [1.54, 1.807) is 19.1 Å². The van der Waals surface area contributed by atoms with Crippen LogP contribution < -0.4 is 19.7 Å². The molecule has 0 fully saturated rings. The Morgan fingerprint density at radius 3 is 2.50 bits per heavy atom. The van der Waals surface area contributed by atoms with Crippen molar-refractivity contribution in [2.45, 2.75) is 25.7 Å². The predicted molar refractivity (Wildman–Crippen MR) is 115 cm³/mol. The van der Waals surface area contributed by atoms with Gasteiger partial charge in [0.05, 0.1) is 26.7 Å². The first kappa shape index (κ1) is 22.8. The van der Waals surface area contributed by atoms with Gasteiger partial charge in [-0.2, -0.15) is 5.26 Å². The quantitative estimate of drug-likeness (QED) is 0.616. The molecule has 1 N–H and O–H groups in total. The fraction of sp³-hybridized carbons (Fsp3) is 0.348. The van der Waals surface area contributed by atoms with Crippen molar-refractivity contribution in [3.05, 3.63) is 54.1 Å². The van der Waals surface area contributed by atoms with Crippen LogP contribution in [0.5, 0.6) is 11.5 Å². The Bertz CT molecular complexity index is 878. The van der Waals surface area contributed by atoms with Crippen LogP contribution in [0.3, 0.4) is 0 Å². The zero-order valence-electron chi connectivity index (χ0n) is 17.4. The van der Waals surface area contributed by atoms with E-state index in [9.17, 15) is 9.59 Å². The molecular formula is C23H27N3O4. The first-order chi connectivity index (χ1) is 14.6. The number of anilines is 1. The van der Waals surface area contributed by atoms with Crippen molar-refractivity contribution in [3.8, 4) is 17.6 Å². The molecule has 0 bridgehead atoms. The summed E-state index contributed by atoms with van der Waals surface area (Å²) in [5.74, 6) is 1.08. The molecule has 2 aromatic carbocycles. The van der Waals surface area contributed by atoms with Gasteiger partial charge in [-0.1, -0.05) is 18.2 Å². The summed E-state index contributed by atoms with van der Waals surface area (Å²) < 4.78 is 10.6. The SMILES string of the molecule is COc1ccc(OC)c(CCNC(=O)CCC(=O)N(CCC#N)c2ccccc2)c1. The Morgan fingerprint density at radius 2 is 1.83 bits per heavy atom. The van der Waals surface area contributed by atoms with Gasteiger partial charge in [0.2, 0.25) is 11.8 Å². The fourth-order valence-electron chi connectivity index (χ4n) is 3.03. The second-order valence-electron chi connectivity index (χ2n) is 6.57. The van der Waals surface area contributed by atoms with E-state index < -0.39 is 0 Å². The molecule has 0 saturated carbocycles. The van der Waals surface area contributed by atoms with Gasteiger partial charge in [-0.05, 0) is 42.3 Å². The third-order valence-corrected chi connectivity index (χ3v) is 4.59. The zero-order chi connectivity index (χ0) is 21.8. The van der Waals surface area contributed by atoms with Crippen molar-refractivity contribution in [2.75, 3.05) is 32.2 Å². The number of ether oxygens (including phenoxy) is 2. The van der Waals surface area contributed by atoms with Gasteiger partial charge >= 0.3 is 0 Å². The number of nitriles is 1. The highest BCUT2D eigenvalue weighted by Gasteiger charge is 2.16. The van der Waals surface area contributed by atoms with Gasteiger partial charge in [0.25, 0.3) is 0 Å². The van der Waals surface area contributed by atoms with Crippen molar-refractivity contribution in [1.29, 1.82) is 5.26 Å². The Labute approximate surface area is 177 Å². The van der Waals surface area contributed by atoms with Crippen LogP contribution >= 0.6 is 0 Å². The summed E-state index contributed by atoms with van der Waals surface area (Å²) in [6.45, 7) is 0.726. The van der Waals surface area contributed by atoms with E-state index in [2.05, 4.69) is 11.4 Å². The average Bonchev–Trinajstić information content (AvgIpc) is 2.78. The molecule has 2 rings (SSSR count). The van der Waals surface area contributed by atoms with Crippen LogP contribution in [0.25, 0.3) is 0 Å². The molecule has 0 atom stereocenters. The van der Waals surface area contributed by atoms with Crippen LogP contribution in [0.4, 0.5) is 5.69 Å². The molecule has 0 heterocycles. The molecular weight excluding hydrogens is 382 g/mol. The number of hydrogen-bond donors (Lipinski definition) is 1. The molecule has 2 amide bonds. The third kappa shape index (κ3) is 6.82. The second-order valence-corrected chi connectivity index (χ2v) is 6.57. The average molecular weight is 409 g/mol.